The smallest absolute Gasteiger partial charge is 0.132 e. The van der Waals surface area contributed by atoms with E-state index >= 15 is 0 Å². The normalized spacial score (nSPS) is 20.6. The first-order valence-electron chi connectivity index (χ1n) is 8.02. The molecule has 0 bridgehead atoms. The van der Waals surface area contributed by atoms with Gasteiger partial charge in [0.05, 0.1) is 0 Å². The average Bonchev–Trinajstić information content (AvgIpc) is 3.30. The van der Waals surface area contributed by atoms with Gasteiger partial charge in [-0.2, -0.15) is 0 Å². The molecule has 1 aliphatic heterocycles. The van der Waals surface area contributed by atoms with Gasteiger partial charge in [0, 0.05) is 30.9 Å². The Hall–Kier alpha value is -1.16. The van der Waals surface area contributed by atoms with Crippen molar-refractivity contribution in [1.29, 1.82) is 0 Å². The maximum atomic E-state index is 4.45. The zero-order valence-electron chi connectivity index (χ0n) is 12.7. The topological polar surface area (TPSA) is 41.0 Å². The number of rotatable bonds is 5. The Bertz CT molecular complexity index is 434. The molecular formula is C16H26N4. The first-order chi connectivity index (χ1) is 9.72. The minimum absolute atomic E-state index is 0.469. The first-order valence-corrected chi connectivity index (χ1v) is 8.02. The molecule has 1 aromatic heterocycles. The number of nitrogens with one attached hydrogen (secondary N) is 1. The van der Waals surface area contributed by atoms with E-state index in [1.807, 2.05) is 0 Å². The molecule has 1 aliphatic carbocycles. The van der Waals surface area contributed by atoms with Crippen LogP contribution in [0, 0.1) is 5.92 Å². The van der Waals surface area contributed by atoms with Crippen molar-refractivity contribution in [3.8, 4) is 0 Å². The second kappa shape index (κ2) is 6.08. The molecule has 20 heavy (non-hydrogen) atoms. The number of aromatic nitrogens is 2. The summed E-state index contributed by atoms with van der Waals surface area (Å²) in [6, 6.07) is 3.00. The zero-order chi connectivity index (χ0) is 13.9. The van der Waals surface area contributed by atoms with E-state index in [0.717, 1.165) is 36.6 Å². The Labute approximate surface area is 122 Å². The summed E-state index contributed by atoms with van der Waals surface area (Å²) in [5.41, 5.74) is 1.15. The fourth-order valence-electron chi connectivity index (χ4n) is 2.84. The van der Waals surface area contributed by atoms with Crippen LogP contribution in [0.5, 0.6) is 0 Å². The third-order valence-electron chi connectivity index (χ3n) is 4.48. The summed E-state index contributed by atoms with van der Waals surface area (Å²) in [6.07, 6.45) is 7.04. The summed E-state index contributed by atoms with van der Waals surface area (Å²) >= 11 is 0. The number of hydrogen-bond acceptors (Lipinski definition) is 4. The van der Waals surface area contributed by atoms with Crippen LogP contribution in [0.1, 0.15) is 51.1 Å². The van der Waals surface area contributed by atoms with Crippen LogP contribution in [0.4, 0.5) is 5.82 Å². The molecule has 4 heteroatoms. The standard InChI is InChI=1S/C16H26N4/c1-12(2)15-9-16(19-11-18-15)20-7-5-13(6-8-20)10-17-14-3-4-14/h9,11-14,17H,3-8,10H2,1-2H3. The summed E-state index contributed by atoms with van der Waals surface area (Å²) in [6.45, 7) is 7.83. The van der Waals surface area contributed by atoms with Crippen LogP contribution in [0.25, 0.3) is 0 Å². The molecule has 3 rings (SSSR count). The van der Waals surface area contributed by atoms with E-state index in [4.69, 9.17) is 0 Å². The summed E-state index contributed by atoms with van der Waals surface area (Å²) in [5, 5.41) is 3.66. The Balaban J connectivity index is 1.52. The lowest BCUT2D eigenvalue weighted by atomic mass is 9.96. The molecule has 0 atom stereocenters. The molecule has 110 valence electrons. The largest absolute Gasteiger partial charge is 0.356 e. The highest BCUT2D eigenvalue weighted by atomic mass is 15.2. The summed E-state index contributed by atoms with van der Waals surface area (Å²) in [5.74, 6) is 2.42. The molecule has 2 fully saturated rings. The zero-order valence-corrected chi connectivity index (χ0v) is 12.7. The van der Waals surface area contributed by atoms with Crippen molar-refractivity contribution < 1.29 is 0 Å². The molecule has 0 spiro atoms. The molecule has 1 N–H and O–H groups in total. The van der Waals surface area contributed by atoms with Gasteiger partial charge in [0.1, 0.15) is 12.1 Å². The maximum absolute atomic E-state index is 4.45. The lowest BCUT2D eigenvalue weighted by Crippen LogP contribution is -2.38. The van der Waals surface area contributed by atoms with Gasteiger partial charge in [0.15, 0.2) is 0 Å². The van der Waals surface area contributed by atoms with Gasteiger partial charge >= 0.3 is 0 Å². The van der Waals surface area contributed by atoms with E-state index in [1.165, 1.54) is 32.2 Å². The molecule has 2 aliphatic rings. The van der Waals surface area contributed by atoms with E-state index in [2.05, 4.69) is 40.1 Å². The van der Waals surface area contributed by atoms with Crippen LogP contribution >= 0.6 is 0 Å². The minimum Gasteiger partial charge on any atom is -0.356 e. The molecule has 4 nitrogen and oxygen atoms in total. The van der Waals surface area contributed by atoms with Gasteiger partial charge in [-0.05, 0) is 44.1 Å². The molecule has 0 aromatic carbocycles. The SMILES string of the molecule is CC(C)c1cc(N2CCC(CNC3CC3)CC2)ncn1. The van der Waals surface area contributed by atoms with E-state index in [9.17, 15) is 0 Å². The van der Waals surface area contributed by atoms with Crippen molar-refractivity contribution in [3.63, 3.8) is 0 Å². The van der Waals surface area contributed by atoms with Crippen molar-refractivity contribution in [2.75, 3.05) is 24.5 Å². The molecule has 1 saturated carbocycles. The van der Waals surface area contributed by atoms with E-state index in [-0.39, 0.29) is 0 Å². The number of hydrogen-bond donors (Lipinski definition) is 1. The van der Waals surface area contributed by atoms with Crippen LogP contribution in [-0.2, 0) is 0 Å². The van der Waals surface area contributed by atoms with Gasteiger partial charge in [-0.1, -0.05) is 13.8 Å². The molecular weight excluding hydrogens is 248 g/mol. The minimum atomic E-state index is 0.469. The average molecular weight is 274 g/mol. The van der Waals surface area contributed by atoms with Crippen LogP contribution in [0.3, 0.4) is 0 Å². The highest BCUT2D eigenvalue weighted by molar-refractivity contribution is 5.39. The van der Waals surface area contributed by atoms with Crippen molar-refractivity contribution in [2.45, 2.75) is 51.5 Å². The highest BCUT2D eigenvalue weighted by Crippen LogP contribution is 2.24. The number of nitrogens with zero attached hydrogens (tertiary/aromatic N) is 3. The fourth-order valence-corrected chi connectivity index (χ4v) is 2.84. The summed E-state index contributed by atoms with van der Waals surface area (Å²) in [7, 11) is 0. The third kappa shape index (κ3) is 3.48. The van der Waals surface area contributed by atoms with Crippen molar-refractivity contribution in [1.82, 2.24) is 15.3 Å². The van der Waals surface area contributed by atoms with Crippen LogP contribution in [-0.4, -0.2) is 35.6 Å². The van der Waals surface area contributed by atoms with Gasteiger partial charge < -0.3 is 10.2 Å². The first kappa shape index (κ1) is 13.8. The second-order valence-corrected chi connectivity index (χ2v) is 6.57. The van der Waals surface area contributed by atoms with Gasteiger partial charge in [-0.15, -0.1) is 0 Å². The highest BCUT2D eigenvalue weighted by Gasteiger charge is 2.24. The van der Waals surface area contributed by atoms with Crippen molar-refractivity contribution >= 4 is 5.82 Å². The van der Waals surface area contributed by atoms with Gasteiger partial charge in [-0.25, -0.2) is 9.97 Å². The second-order valence-electron chi connectivity index (χ2n) is 6.57. The summed E-state index contributed by atoms with van der Waals surface area (Å²) < 4.78 is 0. The Kier molecular flexibility index (Phi) is 4.20. The Morgan fingerprint density at radius 3 is 2.60 bits per heavy atom. The molecule has 0 radical (unpaired) electrons. The predicted octanol–water partition coefficient (Wildman–Crippen LogP) is 2.57. The number of anilines is 1. The third-order valence-corrected chi connectivity index (χ3v) is 4.48. The molecule has 0 amide bonds. The summed E-state index contributed by atoms with van der Waals surface area (Å²) in [4.78, 5) is 11.2. The maximum Gasteiger partial charge on any atom is 0.132 e. The van der Waals surface area contributed by atoms with Gasteiger partial charge in [-0.3, -0.25) is 0 Å². The predicted molar refractivity (Wildman–Crippen MR) is 82.1 cm³/mol. The van der Waals surface area contributed by atoms with Crippen LogP contribution in [0.15, 0.2) is 12.4 Å². The van der Waals surface area contributed by atoms with Gasteiger partial charge in [0.25, 0.3) is 0 Å². The van der Waals surface area contributed by atoms with Gasteiger partial charge in [0.2, 0.25) is 0 Å². The monoisotopic (exact) mass is 274 g/mol. The Morgan fingerprint density at radius 2 is 1.95 bits per heavy atom. The Morgan fingerprint density at radius 1 is 1.20 bits per heavy atom. The van der Waals surface area contributed by atoms with Crippen molar-refractivity contribution in [3.05, 3.63) is 18.1 Å². The molecule has 1 saturated heterocycles. The molecule has 1 aromatic rings. The van der Waals surface area contributed by atoms with E-state index in [0.29, 0.717) is 5.92 Å². The molecule has 0 unspecified atom stereocenters. The van der Waals surface area contributed by atoms with Crippen molar-refractivity contribution in [2.24, 2.45) is 5.92 Å². The van der Waals surface area contributed by atoms with Crippen LogP contribution < -0.4 is 10.2 Å². The quantitative estimate of drug-likeness (QED) is 0.896. The van der Waals surface area contributed by atoms with E-state index < -0.39 is 0 Å². The van der Waals surface area contributed by atoms with E-state index in [1.54, 1.807) is 6.33 Å². The fraction of sp³-hybridized carbons (Fsp3) is 0.750. The van der Waals surface area contributed by atoms with Crippen LogP contribution in [0.2, 0.25) is 0 Å². The lowest BCUT2D eigenvalue weighted by molar-refractivity contribution is 0.380. The number of piperidine rings is 1. The lowest BCUT2D eigenvalue weighted by Gasteiger charge is -2.33. The molecule has 2 heterocycles.